The summed E-state index contributed by atoms with van der Waals surface area (Å²) in [6, 6.07) is 3.34. The number of ether oxygens (including phenoxy) is 1. The summed E-state index contributed by atoms with van der Waals surface area (Å²) in [5.74, 6) is -2.90. The summed E-state index contributed by atoms with van der Waals surface area (Å²) in [4.78, 5) is 17.8. The zero-order chi connectivity index (χ0) is 15.3. The van der Waals surface area contributed by atoms with Gasteiger partial charge >= 0.3 is 0 Å². The number of nitrogens with zero attached hydrogens (tertiary/aromatic N) is 2. The average Bonchev–Trinajstić information content (AvgIpc) is 2.48. The summed E-state index contributed by atoms with van der Waals surface area (Å²) in [5.41, 5.74) is 1.08. The molecule has 6 heteroatoms. The van der Waals surface area contributed by atoms with Crippen LogP contribution >= 0.6 is 0 Å². The largest absolute Gasteiger partial charge is 0.501 e. The number of carbonyl (C=O) groups is 1. The number of hydrogen-bond acceptors (Lipinski definition) is 3. The van der Waals surface area contributed by atoms with Gasteiger partial charge in [-0.15, -0.1) is 0 Å². The molecule has 0 aromatic carbocycles. The van der Waals surface area contributed by atoms with E-state index in [4.69, 9.17) is 4.74 Å². The van der Waals surface area contributed by atoms with E-state index in [9.17, 15) is 13.6 Å². The van der Waals surface area contributed by atoms with E-state index < -0.39 is 5.92 Å². The lowest BCUT2D eigenvalue weighted by molar-refractivity contribution is -0.0494. The van der Waals surface area contributed by atoms with Gasteiger partial charge in [0.05, 0.1) is 24.1 Å². The highest BCUT2D eigenvalue weighted by molar-refractivity contribution is 5.94. The minimum absolute atomic E-state index is 0.0812. The van der Waals surface area contributed by atoms with E-state index in [2.05, 4.69) is 4.98 Å². The number of piperidine rings is 1. The normalized spacial score (nSPS) is 18.0. The van der Waals surface area contributed by atoms with E-state index in [1.165, 1.54) is 17.4 Å². The second kappa shape index (κ2) is 6.65. The zero-order valence-electron chi connectivity index (χ0n) is 11.9. The number of rotatable bonds is 4. The Labute approximate surface area is 122 Å². The van der Waals surface area contributed by atoms with Gasteiger partial charge in [0.15, 0.2) is 0 Å². The van der Waals surface area contributed by atoms with E-state index in [0.717, 1.165) is 0 Å². The molecule has 0 bridgehead atoms. The number of halogens is 2. The molecule has 21 heavy (non-hydrogen) atoms. The van der Waals surface area contributed by atoms with Crippen LogP contribution in [0.1, 0.15) is 35.8 Å². The number of aromatic nitrogens is 1. The molecule has 1 saturated heterocycles. The number of amides is 1. The van der Waals surface area contributed by atoms with Crippen molar-refractivity contribution < 1.29 is 18.3 Å². The number of hydrogen-bond donors (Lipinski definition) is 0. The molecule has 114 valence electrons. The molecule has 1 aromatic heterocycles. The van der Waals surface area contributed by atoms with Gasteiger partial charge in [-0.25, -0.2) is 8.78 Å². The molecule has 0 N–H and O–H groups in total. The van der Waals surface area contributed by atoms with Crippen LogP contribution in [0.4, 0.5) is 8.78 Å². The molecule has 0 saturated carbocycles. The van der Waals surface area contributed by atoms with Gasteiger partial charge in [-0.1, -0.05) is 0 Å². The van der Waals surface area contributed by atoms with Crippen molar-refractivity contribution in [2.75, 3.05) is 19.7 Å². The van der Waals surface area contributed by atoms with E-state index in [1.807, 2.05) is 6.92 Å². The van der Waals surface area contributed by atoms with Gasteiger partial charge < -0.3 is 9.64 Å². The SMILES string of the molecule is CCO/C=C/c1ccc(C(=O)N2CCC(F)(F)CC2)cn1. The Morgan fingerprint density at radius 1 is 1.43 bits per heavy atom. The second-order valence-corrected chi connectivity index (χ2v) is 4.88. The highest BCUT2D eigenvalue weighted by Gasteiger charge is 2.35. The molecule has 2 heterocycles. The fourth-order valence-corrected chi connectivity index (χ4v) is 2.06. The highest BCUT2D eigenvalue weighted by atomic mass is 19.3. The molecule has 0 unspecified atom stereocenters. The number of alkyl halides is 2. The van der Waals surface area contributed by atoms with E-state index in [0.29, 0.717) is 17.9 Å². The maximum atomic E-state index is 13.1. The highest BCUT2D eigenvalue weighted by Crippen LogP contribution is 2.28. The number of likely N-dealkylation sites (tertiary alicyclic amines) is 1. The molecule has 1 aliphatic heterocycles. The summed E-state index contributed by atoms with van der Waals surface area (Å²) in [7, 11) is 0. The van der Waals surface area contributed by atoms with Crippen LogP contribution in [0.25, 0.3) is 6.08 Å². The summed E-state index contributed by atoms with van der Waals surface area (Å²) < 4.78 is 31.2. The standard InChI is InChI=1S/C15H18F2N2O2/c1-2-21-10-5-13-4-3-12(11-18-13)14(20)19-8-6-15(16,17)7-9-19/h3-5,10-11H,2,6-9H2,1H3/b10-5+. The van der Waals surface area contributed by atoms with Crippen molar-refractivity contribution in [2.24, 2.45) is 0 Å². The van der Waals surface area contributed by atoms with Crippen LogP contribution in [0.2, 0.25) is 0 Å². The van der Waals surface area contributed by atoms with Crippen LogP contribution in [0, 0.1) is 0 Å². The van der Waals surface area contributed by atoms with Gasteiger partial charge in [0.2, 0.25) is 0 Å². The van der Waals surface area contributed by atoms with Gasteiger partial charge in [0.25, 0.3) is 11.8 Å². The third kappa shape index (κ3) is 4.24. The molecule has 4 nitrogen and oxygen atoms in total. The molecular formula is C15H18F2N2O2. The monoisotopic (exact) mass is 296 g/mol. The minimum Gasteiger partial charge on any atom is -0.501 e. The Balaban J connectivity index is 1.97. The lowest BCUT2D eigenvalue weighted by atomic mass is 10.1. The van der Waals surface area contributed by atoms with Crippen molar-refractivity contribution in [3.8, 4) is 0 Å². The summed E-state index contributed by atoms with van der Waals surface area (Å²) in [6.07, 6.45) is 4.14. The van der Waals surface area contributed by atoms with Crippen LogP contribution in [0.3, 0.4) is 0 Å². The molecule has 0 spiro atoms. The molecule has 1 aliphatic rings. The van der Waals surface area contributed by atoms with Crippen molar-refractivity contribution in [2.45, 2.75) is 25.7 Å². The molecule has 0 aliphatic carbocycles. The average molecular weight is 296 g/mol. The van der Waals surface area contributed by atoms with E-state index in [-0.39, 0.29) is 31.8 Å². The van der Waals surface area contributed by atoms with Crippen LogP contribution in [-0.4, -0.2) is 41.4 Å². The van der Waals surface area contributed by atoms with Crippen LogP contribution in [0.5, 0.6) is 0 Å². The molecule has 0 radical (unpaired) electrons. The zero-order valence-corrected chi connectivity index (χ0v) is 11.9. The molecule has 1 aromatic rings. The lowest BCUT2D eigenvalue weighted by Crippen LogP contribution is -2.42. The predicted molar refractivity (Wildman–Crippen MR) is 75.0 cm³/mol. The first kappa shape index (κ1) is 15.4. The Hall–Kier alpha value is -1.98. The topological polar surface area (TPSA) is 42.4 Å². The van der Waals surface area contributed by atoms with Crippen molar-refractivity contribution in [3.63, 3.8) is 0 Å². The van der Waals surface area contributed by atoms with Crippen molar-refractivity contribution >= 4 is 12.0 Å². The lowest BCUT2D eigenvalue weighted by Gasteiger charge is -2.31. The second-order valence-electron chi connectivity index (χ2n) is 4.88. The first-order chi connectivity index (χ1) is 10.0. The van der Waals surface area contributed by atoms with Crippen molar-refractivity contribution in [1.82, 2.24) is 9.88 Å². The Bertz CT molecular complexity index is 505. The minimum atomic E-state index is -2.65. The summed E-state index contributed by atoms with van der Waals surface area (Å²) in [6.45, 7) is 2.62. The fraction of sp³-hybridized carbons (Fsp3) is 0.467. The predicted octanol–water partition coefficient (Wildman–Crippen LogP) is 2.96. The maximum Gasteiger partial charge on any atom is 0.255 e. The molecule has 1 amide bonds. The van der Waals surface area contributed by atoms with Gasteiger partial charge in [-0.05, 0) is 25.1 Å². The number of carbonyl (C=O) groups excluding carboxylic acids is 1. The first-order valence-corrected chi connectivity index (χ1v) is 6.93. The van der Waals surface area contributed by atoms with Crippen molar-refractivity contribution in [3.05, 3.63) is 35.8 Å². The molecule has 2 rings (SSSR count). The van der Waals surface area contributed by atoms with Gasteiger partial charge in [0.1, 0.15) is 0 Å². The maximum absolute atomic E-state index is 13.1. The Morgan fingerprint density at radius 3 is 2.71 bits per heavy atom. The third-order valence-corrected chi connectivity index (χ3v) is 3.32. The first-order valence-electron chi connectivity index (χ1n) is 6.93. The fourth-order valence-electron chi connectivity index (χ4n) is 2.06. The smallest absolute Gasteiger partial charge is 0.255 e. The Morgan fingerprint density at radius 2 is 2.14 bits per heavy atom. The van der Waals surface area contributed by atoms with Crippen LogP contribution in [0.15, 0.2) is 24.6 Å². The molecule has 0 atom stereocenters. The third-order valence-electron chi connectivity index (χ3n) is 3.32. The van der Waals surface area contributed by atoms with Crippen molar-refractivity contribution in [1.29, 1.82) is 0 Å². The Kier molecular flexibility index (Phi) is 4.88. The van der Waals surface area contributed by atoms with Crippen LogP contribution < -0.4 is 0 Å². The van der Waals surface area contributed by atoms with E-state index in [1.54, 1.807) is 18.2 Å². The molecule has 1 fully saturated rings. The summed E-state index contributed by atoms with van der Waals surface area (Å²) in [5, 5.41) is 0. The van der Waals surface area contributed by atoms with Gasteiger partial charge in [0, 0.05) is 32.1 Å². The van der Waals surface area contributed by atoms with Gasteiger partial charge in [-0.2, -0.15) is 0 Å². The molecular weight excluding hydrogens is 278 g/mol. The quantitative estimate of drug-likeness (QED) is 0.802. The van der Waals surface area contributed by atoms with Crippen LogP contribution in [-0.2, 0) is 4.74 Å². The summed E-state index contributed by atoms with van der Waals surface area (Å²) >= 11 is 0. The number of pyridine rings is 1. The van der Waals surface area contributed by atoms with E-state index >= 15 is 0 Å². The van der Waals surface area contributed by atoms with Gasteiger partial charge in [-0.3, -0.25) is 9.78 Å².